The van der Waals surface area contributed by atoms with Crippen molar-refractivity contribution in [2.24, 2.45) is 0 Å². The number of anilines is 2. The molecule has 3 aromatic rings. The zero-order valence-electron chi connectivity index (χ0n) is 17.7. The van der Waals surface area contributed by atoms with Crippen molar-refractivity contribution in [3.8, 4) is 17.6 Å². The van der Waals surface area contributed by atoms with Crippen molar-refractivity contribution in [2.75, 3.05) is 36.0 Å². The zero-order valence-corrected chi connectivity index (χ0v) is 17.7. The molecule has 0 spiro atoms. The van der Waals surface area contributed by atoms with E-state index in [9.17, 15) is 4.39 Å². The van der Waals surface area contributed by atoms with Gasteiger partial charge in [0.25, 0.3) is 0 Å². The number of benzene rings is 1. The van der Waals surface area contributed by atoms with Crippen molar-refractivity contribution in [2.45, 2.75) is 20.4 Å². The minimum atomic E-state index is -0.370. The third-order valence-corrected chi connectivity index (χ3v) is 5.26. The second-order valence-electron chi connectivity index (χ2n) is 7.78. The van der Waals surface area contributed by atoms with E-state index >= 15 is 0 Å². The van der Waals surface area contributed by atoms with Gasteiger partial charge in [-0.25, -0.2) is 9.37 Å². The fraction of sp³-hybridized carbons (Fsp3) is 0.304. The number of aryl methyl sites for hydroxylation is 1. The summed E-state index contributed by atoms with van der Waals surface area (Å²) in [7, 11) is 0. The Morgan fingerprint density at radius 1 is 1.13 bits per heavy atom. The summed E-state index contributed by atoms with van der Waals surface area (Å²) < 4.78 is 16.5. The lowest BCUT2D eigenvalue weighted by atomic mass is 10.2. The van der Waals surface area contributed by atoms with Crippen LogP contribution < -0.4 is 9.80 Å². The molecule has 0 bridgehead atoms. The van der Waals surface area contributed by atoms with Crippen LogP contribution in [0.3, 0.4) is 0 Å². The molecule has 2 aromatic heterocycles. The molecule has 0 N–H and O–H groups in total. The molecule has 4 rings (SSSR count). The second-order valence-corrected chi connectivity index (χ2v) is 7.78. The first-order valence-electron chi connectivity index (χ1n) is 10.2. The van der Waals surface area contributed by atoms with Crippen molar-refractivity contribution in [1.82, 2.24) is 19.7 Å². The summed E-state index contributed by atoms with van der Waals surface area (Å²) in [5.74, 6) is 1.11. The first kappa shape index (κ1) is 20.5. The minimum absolute atomic E-state index is 0.324. The van der Waals surface area contributed by atoms with Gasteiger partial charge in [0.05, 0.1) is 17.3 Å². The molecule has 1 saturated heterocycles. The van der Waals surface area contributed by atoms with Crippen LogP contribution >= 0.6 is 0 Å². The van der Waals surface area contributed by atoms with Crippen LogP contribution in [0.15, 0.2) is 48.6 Å². The topological polar surface area (TPSA) is 73.9 Å². The predicted molar refractivity (Wildman–Crippen MR) is 118 cm³/mol. The fourth-order valence-corrected chi connectivity index (χ4v) is 3.78. The highest BCUT2D eigenvalue weighted by Gasteiger charge is 2.25. The summed E-state index contributed by atoms with van der Waals surface area (Å²) in [6.45, 7) is 11.2. The molecule has 0 unspecified atom stereocenters. The van der Waals surface area contributed by atoms with Gasteiger partial charge < -0.3 is 9.80 Å². The summed E-state index contributed by atoms with van der Waals surface area (Å²) in [5.41, 5.74) is 3.53. The average Bonchev–Trinajstić information content (AvgIpc) is 3.16. The molecule has 7 nitrogen and oxygen atoms in total. The second kappa shape index (κ2) is 8.56. The molecular weight excluding hydrogens is 393 g/mol. The lowest BCUT2D eigenvalue weighted by Gasteiger charge is -2.36. The average molecular weight is 417 g/mol. The van der Waals surface area contributed by atoms with Crippen molar-refractivity contribution < 1.29 is 4.39 Å². The van der Waals surface area contributed by atoms with Gasteiger partial charge in [-0.3, -0.25) is 4.57 Å². The van der Waals surface area contributed by atoms with E-state index in [1.165, 1.54) is 6.07 Å². The maximum absolute atomic E-state index is 14.4. The van der Waals surface area contributed by atoms with Crippen molar-refractivity contribution >= 4 is 11.6 Å². The predicted octanol–water partition coefficient (Wildman–Crippen LogP) is 3.56. The largest absolute Gasteiger partial charge is 0.366 e. The summed E-state index contributed by atoms with van der Waals surface area (Å²) in [6, 6.07) is 12.4. The molecule has 1 aromatic carbocycles. The van der Waals surface area contributed by atoms with Gasteiger partial charge >= 0.3 is 0 Å². The van der Waals surface area contributed by atoms with E-state index in [0.717, 1.165) is 22.9 Å². The number of nitriles is 1. The Labute approximate surface area is 181 Å². The highest BCUT2D eigenvalue weighted by atomic mass is 19.1. The van der Waals surface area contributed by atoms with E-state index < -0.39 is 0 Å². The number of piperazine rings is 1. The number of allylic oxidation sites excluding steroid dienone is 1. The number of halogens is 1. The third-order valence-electron chi connectivity index (χ3n) is 5.26. The highest BCUT2D eigenvalue weighted by Crippen LogP contribution is 2.26. The minimum Gasteiger partial charge on any atom is -0.366 e. The van der Waals surface area contributed by atoms with Crippen LogP contribution in [0.1, 0.15) is 18.2 Å². The van der Waals surface area contributed by atoms with E-state index in [0.29, 0.717) is 49.8 Å². The number of pyridine rings is 1. The summed E-state index contributed by atoms with van der Waals surface area (Å²) in [6.07, 6.45) is 0. The summed E-state index contributed by atoms with van der Waals surface area (Å²) in [5, 5.41) is 17.8. The third kappa shape index (κ3) is 4.26. The van der Waals surface area contributed by atoms with Crippen LogP contribution in [-0.4, -0.2) is 45.9 Å². The lowest BCUT2D eigenvalue weighted by Crippen LogP contribution is -2.47. The summed E-state index contributed by atoms with van der Waals surface area (Å²) in [4.78, 5) is 8.76. The standard InChI is InChI=1S/C23H24FN7/c1-16(2)15-31-22(20-6-4-5-17(3)26-20)27-28-23(31)30-11-9-29(10-12-30)21-8-7-18(14-25)13-19(21)24/h4-8,13H,1,9-12,15H2,2-3H3. The molecule has 0 aliphatic carbocycles. The van der Waals surface area contributed by atoms with Crippen LogP contribution in [-0.2, 0) is 6.54 Å². The van der Waals surface area contributed by atoms with Gasteiger partial charge in [-0.05, 0) is 44.2 Å². The quantitative estimate of drug-likeness (QED) is 0.591. The molecule has 0 atom stereocenters. The first-order valence-corrected chi connectivity index (χ1v) is 10.2. The van der Waals surface area contributed by atoms with Crippen molar-refractivity contribution in [1.29, 1.82) is 5.26 Å². The van der Waals surface area contributed by atoms with Gasteiger partial charge in [0, 0.05) is 38.4 Å². The maximum atomic E-state index is 14.4. The Bertz CT molecular complexity index is 1150. The van der Waals surface area contributed by atoms with Gasteiger partial charge in [-0.15, -0.1) is 10.2 Å². The van der Waals surface area contributed by atoms with E-state index in [2.05, 4.69) is 26.7 Å². The molecular formula is C23H24FN7. The fourth-order valence-electron chi connectivity index (χ4n) is 3.78. The van der Waals surface area contributed by atoms with Crippen LogP contribution in [0.2, 0.25) is 0 Å². The van der Waals surface area contributed by atoms with Gasteiger partial charge in [-0.2, -0.15) is 5.26 Å². The number of hydrogen-bond acceptors (Lipinski definition) is 6. The Balaban J connectivity index is 1.57. The van der Waals surface area contributed by atoms with E-state index in [1.54, 1.807) is 12.1 Å². The molecule has 1 fully saturated rings. The van der Waals surface area contributed by atoms with E-state index in [-0.39, 0.29) is 5.82 Å². The van der Waals surface area contributed by atoms with E-state index in [1.807, 2.05) is 47.6 Å². The smallest absolute Gasteiger partial charge is 0.227 e. The van der Waals surface area contributed by atoms with Gasteiger partial charge in [0.2, 0.25) is 5.95 Å². The molecule has 158 valence electrons. The molecule has 1 aliphatic heterocycles. The normalized spacial score (nSPS) is 13.9. The van der Waals surface area contributed by atoms with Crippen molar-refractivity contribution in [3.05, 3.63) is 65.6 Å². The molecule has 8 heteroatoms. The molecule has 1 aliphatic rings. The van der Waals surface area contributed by atoms with Gasteiger partial charge in [0.1, 0.15) is 11.5 Å². The highest BCUT2D eigenvalue weighted by molar-refractivity contribution is 5.55. The molecule has 0 saturated carbocycles. The Morgan fingerprint density at radius 3 is 2.52 bits per heavy atom. The molecule has 0 amide bonds. The zero-order chi connectivity index (χ0) is 22.0. The SMILES string of the molecule is C=C(C)Cn1c(-c2cccc(C)n2)nnc1N1CCN(c2ccc(C#N)cc2F)CC1. The number of aromatic nitrogens is 4. The first-order chi connectivity index (χ1) is 15.0. The summed E-state index contributed by atoms with van der Waals surface area (Å²) >= 11 is 0. The van der Waals surface area contributed by atoms with E-state index in [4.69, 9.17) is 5.26 Å². The number of hydrogen-bond donors (Lipinski definition) is 0. The Kier molecular flexibility index (Phi) is 5.67. The van der Waals surface area contributed by atoms with Crippen molar-refractivity contribution in [3.63, 3.8) is 0 Å². The van der Waals surface area contributed by atoms with Gasteiger partial charge in [-0.1, -0.05) is 18.2 Å². The monoisotopic (exact) mass is 417 g/mol. The lowest BCUT2D eigenvalue weighted by molar-refractivity contribution is 0.588. The van der Waals surface area contributed by atoms with Crippen LogP contribution in [0.25, 0.3) is 11.5 Å². The van der Waals surface area contributed by atoms with Crippen LogP contribution in [0, 0.1) is 24.1 Å². The van der Waals surface area contributed by atoms with Crippen LogP contribution in [0.4, 0.5) is 16.0 Å². The number of rotatable bonds is 5. The number of nitrogens with zero attached hydrogens (tertiary/aromatic N) is 7. The maximum Gasteiger partial charge on any atom is 0.227 e. The Morgan fingerprint density at radius 2 is 1.87 bits per heavy atom. The molecule has 0 radical (unpaired) electrons. The van der Waals surface area contributed by atoms with Crippen LogP contribution in [0.5, 0.6) is 0 Å². The Hall–Kier alpha value is -3.73. The molecule has 31 heavy (non-hydrogen) atoms. The van der Waals surface area contributed by atoms with Gasteiger partial charge in [0.15, 0.2) is 5.82 Å². The molecule has 3 heterocycles.